The van der Waals surface area contributed by atoms with E-state index >= 15 is 0 Å². The van der Waals surface area contributed by atoms with Gasteiger partial charge in [0.2, 0.25) is 0 Å². The molecule has 0 N–H and O–H groups in total. The van der Waals surface area contributed by atoms with Crippen molar-refractivity contribution in [2.24, 2.45) is 5.41 Å². The first-order valence-corrected chi connectivity index (χ1v) is 13.0. The number of hydrogen-bond donors (Lipinski definition) is 0. The van der Waals surface area contributed by atoms with Crippen molar-refractivity contribution < 1.29 is 124 Å². The Balaban J connectivity index is 3.63. The molecule has 0 saturated carbocycles. The summed E-state index contributed by atoms with van der Waals surface area (Å²) in [4.78, 5) is 0. The molecule has 0 bridgehead atoms. The van der Waals surface area contributed by atoms with Gasteiger partial charge in [-0.15, -0.1) is 0 Å². The zero-order chi connectivity index (χ0) is 41.5. The van der Waals surface area contributed by atoms with Crippen LogP contribution in [0.25, 0.3) is 0 Å². The average Bonchev–Trinajstić information content (AvgIpc) is 2.91. The summed E-state index contributed by atoms with van der Waals surface area (Å²) in [6.07, 6.45) is -28.9. The van der Waals surface area contributed by atoms with Gasteiger partial charge in [0.25, 0.3) is 0 Å². The molecule has 28 heteroatoms. The number of halogens is 26. The van der Waals surface area contributed by atoms with Crippen molar-refractivity contribution in [1.29, 1.82) is 0 Å². The third-order valence-electron chi connectivity index (χ3n) is 7.84. The summed E-state index contributed by atoms with van der Waals surface area (Å²) in [5.74, 6) is -83.4. The molecule has 1 aliphatic rings. The van der Waals surface area contributed by atoms with Crippen LogP contribution in [0.2, 0.25) is 0 Å². The van der Waals surface area contributed by atoms with Crippen LogP contribution in [-0.2, 0) is 9.47 Å². The van der Waals surface area contributed by atoms with E-state index in [9.17, 15) is 114 Å². The highest BCUT2D eigenvalue weighted by molar-refractivity contribution is 5.12. The molecule has 0 aromatic heterocycles. The average molecular weight is 822 g/mol. The monoisotopic (exact) mass is 822 g/mol. The van der Waals surface area contributed by atoms with Crippen LogP contribution in [-0.4, -0.2) is 90.1 Å². The van der Waals surface area contributed by atoms with E-state index in [0.29, 0.717) is 0 Å². The Hall–Kier alpha value is -1.90. The minimum absolute atomic E-state index is 0.790. The van der Waals surface area contributed by atoms with Gasteiger partial charge in [-0.3, -0.25) is 0 Å². The summed E-state index contributed by atoms with van der Waals surface area (Å²) in [6, 6.07) is 0. The normalized spacial score (nSPS) is 21.2. The van der Waals surface area contributed by atoms with Gasteiger partial charge in [-0.05, 0) is 6.92 Å². The van der Waals surface area contributed by atoms with Gasteiger partial charge in [-0.25, -0.2) is 0 Å². The fourth-order valence-electron chi connectivity index (χ4n) is 3.95. The van der Waals surface area contributed by atoms with Crippen molar-refractivity contribution in [3.63, 3.8) is 0 Å². The maximum absolute atomic E-state index is 14.4. The topological polar surface area (TPSA) is 18.5 Å². The van der Waals surface area contributed by atoms with Crippen molar-refractivity contribution in [2.45, 2.75) is 130 Å². The van der Waals surface area contributed by atoms with Gasteiger partial charge in [-0.2, -0.15) is 114 Å². The first-order chi connectivity index (χ1) is 21.7. The minimum Gasteiger partial charge on any atom is -0.349 e. The lowest BCUT2D eigenvalue weighted by Crippen LogP contribution is -2.70. The molecule has 0 aromatic rings. The molecule has 0 spiro atoms. The van der Waals surface area contributed by atoms with Crippen LogP contribution < -0.4 is 0 Å². The van der Waals surface area contributed by atoms with Crippen molar-refractivity contribution in [3.8, 4) is 0 Å². The van der Waals surface area contributed by atoms with E-state index in [4.69, 9.17) is 4.74 Å². The summed E-state index contributed by atoms with van der Waals surface area (Å²) in [5.41, 5.74) is -1.50. The second-order valence-electron chi connectivity index (χ2n) is 11.9. The van der Waals surface area contributed by atoms with Gasteiger partial charge in [-0.1, -0.05) is 13.8 Å². The Labute approximate surface area is 266 Å². The van der Waals surface area contributed by atoms with Crippen molar-refractivity contribution in [2.75, 3.05) is 6.61 Å². The Morgan fingerprint density at radius 2 is 0.686 bits per heavy atom. The largest absolute Gasteiger partial charge is 0.460 e. The first kappa shape index (κ1) is 47.1. The molecule has 1 fully saturated rings. The summed E-state index contributed by atoms with van der Waals surface area (Å²) < 4.78 is 359. The summed E-state index contributed by atoms with van der Waals surface area (Å²) in [6.45, 7) is 1.81. The van der Waals surface area contributed by atoms with E-state index in [1.165, 1.54) is 0 Å². The SMILES string of the molecule is CC1OC(CCC(F)(F)C(F)(F)C(F)(F)C(F)(F)C(F)(F)C(F)(F)F)(CCC(F)(F)C(F)(F)C(F)(F)C(F)(F)C(F)(F)C(F)(F)F)OCC1(C)C. The van der Waals surface area contributed by atoms with Crippen LogP contribution in [0.5, 0.6) is 0 Å². The summed E-state index contributed by atoms with van der Waals surface area (Å²) in [5, 5.41) is 0. The molecule has 0 aromatic carbocycles. The molecular formula is C23H20F26O2. The van der Waals surface area contributed by atoms with Crippen LogP contribution >= 0.6 is 0 Å². The van der Waals surface area contributed by atoms with E-state index in [1.807, 2.05) is 0 Å². The summed E-state index contributed by atoms with van der Waals surface area (Å²) >= 11 is 0. The lowest BCUT2D eigenvalue weighted by molar-refractivity contribution is -0.442. The molecule has 0 radical (unpaired) electrons. The van der Waals surface area contributed by atoms with Crippen LogP contribution in [0.1, 0.15) is 46.5 Å². The van der Waals surface area contributed by atoms with Gasteiger partial charge in [0.15, 0.2) is 5.79 Å². The highest BCUT2D eigenvalue weighted by atomic mass is 19.4. The Bertz CT molecular complexity index is 1150. The lowest BCUT2D eigenvalue weighted by Gasteiger charge is -2.49. The van der Waals surface area contributed by atoms with E-state index in [0.717, 1.165) is 20.8 Å². The molecule has 0 aliphatic carbocycles. The molecule has 1 rings (SSSR count). The zero-order valence-corrected chi connectivity index (χ0v) is 24.8. The predicted octanol–water partition coefficient (Wildman–Crippen LogP) is 11.2. The molecule has 1 aliphatic heterocycles. The van der Waals surface area contributed by atoms with Crippen LogP contribution in [0.3, 0.4) is 0 Å². The molecule has 0 amide bonds. The van der Waals surface area contributed by atoms with Gasteiger partial charge in [0.1, 0.15) is 0 Å². The van der Waals surface area contributed by atoms with Gasteiger partial charge in [0.05, 0.1) is 12.7 Å². The molecule has 1 saturated heterocycles. The molecule has 306 valence electrons. The quantitative estimate of drug-likeness (QED) is 0.163. The van der Waals surface area contributed by atoms with Crippen LogP contribution in [0.15, 0.2) is 0 Å². The zero-order valence-electron chi connectivity index (χ0n) is 24.8. The van der Waals surface area contributed by atoms with Gasteiger partial charge < -0.3 is 9.47 Å². The van der Waals surface area contributed by atoms with Crippen molar-refractivity contribution >= 4 is 0 Å². The number of rotatable bonds is 14. The maximum Gasteiger partial charge on any atom is 0.460 e. The Morgan fingerprint density at radius 1 is 0.431 bits per heavy atom. The van der Waals surface area contributed by atoms with E-state index < -0.39 is 121 Å². The molecule has 51 heavy (non-hydrogen) atoms. The lowest BCUT2D eigenvalue weighted by atomic mass is 9.84. The van der Waals surface area contributed by atoms with Crippen molar-refractivity contribution in [1.82, 2.24) is 0 Å². The third-order valence-corrected chi connectivity index (χ3v) is 7.84. The van der Waals surface area contributed by atoms with Crippen molar-refractivity contribution in [3.05, 3.63) is 0 Å². The molecule has 1 heterocycles. The predicted molar refractivity (Wildman–Crippen MR) is 113 cm³/mol. The van der Waals surface area contributed by atoms with E-state index in [2.05, 4.69) is 4.74 Å². The summed E-state index contributed by atoms with van der Waals surface area (Å²) in [7, 11) is 0. The molecule has 2 nitrogen and oxygen atoms in total. The molecule has 1 atom stereocenters. The number of alkyl halides is 26. The Kier molecular flexibility index (Phi) is 11.6. The van der Waals surface area contributed by atoms with Gasteiger partial charge in [0, 0.05) is 31.1 Å². The highest BCUT2D eigenvalue weighted by Crippen LogP contribution is 2.63. The minimum atomic E-state index is -8.39. The second kappa shape index (κ2) is 12.6. The van der Waals surface area contributed by atoms with Crippen LogP contribution in [0.4, 0.5) is 114 Å². The number of ether oxygens (including phenoxy) is 2. The van der Waals surface area contributed by atoms with E-state index in [-0.39, 0.29) is 0 Å². The highest BCUT2D eigenvalue weighted by Gasteiger charge is 2.92. The Morgan fingerprint density at radius 3 is 0.922 bits per heavy atom. The van der Waals surface area contributed by atoms with Gasteiger partial charge >= 0.3 is 71.6 Å². The third kappa shape index (κ3) is 7.09. The first-order valence-electron chi connectivity index (χ1n) is 13.0. The molecule has 1 unspecified atom stereocenters. The standard InChI is InChI=1S/C23H20F26O2/c1-9-10(2,3)8-50-11(51-9,4-6-12(24,25)14(28,29)16(32,33)18(36,37)20(40,41)22(44,45)46)5-7-13(26,27)15(30,31)17(34,35)19(38,39)21(42,43)23(47,48)49/h9H,4-8H2,1-3H3. The molecular weight excluding hydrogens is 802 g/mol. The second-order valence-corrected chi connectivity index (χ2v) is 11.9. The fraction of sp³-hybridized carbons (Fsp3) is 1.00. The van der Waals surface area contributed by atoms with Crippen LogP contribution in [0, 0.1) is 5.41 Å². The number of hydrogen-bond acceptors (Lipinski definition) is 2. The van der Waals surface area contributed by atoms with E-state index in [1.54, 1.807) is 0 Å². The maximum atomic E-state index is 14.4. The fourth-order valence-corrected chi connectivity index (χ4v) is 3.95. The smallest absolute Gasteiger partial charge is 0.349 e.